The van der Waals surface area contributed by atoms with E-state index >= 15 is 0 Å². The second kappa shape index (κ2) is 5.01. The lowest BCUT2D eigenvalue weighted by Gasteiger charge is -2.08. The minimum absolute atomic E-state index is 0.276. The first-order chi connectivity index (χ1) is 7.31. The molecule has 0 bridgehead atoms. The van der Waals surface area contributed by atoms with E-state index in [9.17, 15) is 0 Å². The SMILES string of the molecule is CSCC(N)Cc1csc2ccccc12. The highest BCUT2D eigenvalue weighted by atomic mass is 32.2. The lowest BCUT2D eigenvalue weighted by Crippen LogP contribution is -2.25. The first kappa shape index (κ1) is 11.0. The summed E-state index contributed by atoms with van der Waals surface area (Å²) in [4.78, 5) is 0. The van der Waals surface area contributed by atoms with Crippen LogP contribution in [0.1, 0.15) is 5.56 Å². The number of rotatable bonds is 4. The van der Waals surface area contributed by atoms with Crippen molar-refractivity contribution in [1.82, 2.24) is 0 Å². The van der Waals surface area contributed by atoms with Crippen LogP contribution in [0.15, 0.2) is 29.6 Å². The molecule has 2 N–H and O–H groups in total. The minimum atomic E-state index is 0.276. The lowest BCUT2D eigenvalue weighted by molar-refractivity contribution is 0.754. The largest absolute Gasteiger partial charge is 0.327 e. The van der Waals surface area contributed by atoms with E-state index in [0.29, 0.717) is 0 Å². The van der Waals surface area contributed by atoms with E-state index < -0.39 is 0 Å². The Balaban J connectivity index is 2.21. The van der Waals surface area contributed by atoms with E-state index in [2.05, 4.69) is 35.9 Å². The van der Waals surface area contributed by atoms with Gasteiger partial charge in [-0.1, -0.05) is 18.2 Å². The smallest absolute Gasteiger partial charge is 0.0345 e. The van der Waals surface area contributed by atoms with Gasteiger partial charge in [-0.05, 0) is 35.1 Å². The van der Waals surface area contributed by atoms with Crippen molar-refractivity contribution in [3.05, 3.63) is 35.2 Å². The predicted molar refractivity (Wildman–Crippen MR) is 71.9 cm³/mol. The van der Waals surface area contributed by atoms with Crippen LogP contribution in [-0.4, -0.2) is 18.1 Å². The van der Waals surface area contributed by atoms with Gasteiger partial charge in [0.05, 0.1) is 0 Å². The van der Waals surface area contributed by atoms with Crippen LogP contribution in [0.2, 0.25) is 0 Å². The number of hydrogen-bond donors (Lipinski definition) is 1. The van der Waals surface area contributed by atoms with Gasteiger partial charge in [-0.3, -0.25) is 0 Å². The zero-order valence-corrected chi connectivity index (χ0v) is 10.4. The van der Waals surface area contributed by atoms with E-state index in [0.717, 1.165) is 12.2 Å². The monoisotopic (exact) mass is 237 g/mol. The molecule has 15 heavy (non-hydrogen) atoms. The van der Waals surface area contributed by atoms with Gasteiger partial charge in [0.2, 0.25) is 0 Å². The van der Waals surface area contributed by atoms with Crippen molar-refractivity contribution in [2.45, 2.75) is 12.5 Å². The third-order valence-corrected chi connectivity index (χ3v) is 4.20. The van der Waals surface area contributed by atoms with E-state index in [-0.39, 0.29) is 6.04 Å². The molecule has 0 aliphatic heterocycles. The van der Waals surface area contributed by atoms with Crippen molar-refractivity contribution in [2.24, 2.45) is 5.73 Å². The third kappa shape index (κ3) is 2.54. The fraction of sp³-hybridized carbons (Fsp3) is 0.333. The number of benzene rings is 1. The zero-order chi connectivity index (χ0) is 10.7. The van der Waals surface area contributed by atoms with Gasteiger partial charge in [0.15, 0.2) is 0 Å². The lowest BCUT2D eigenvalue weighted by atomic mass is 10.1. The molecule has 80 valence electrons. The topological polar surface area (TPSA) is 26.0 Å². The Morgan fingerprint density at radius 2 is 2.20 bits per heavy atom. The second-order valence-electron chi connectivity index (χ2n) is 3.68. The number of nitrogens with two attached hydrogens (primary N) is 1. The molecule has 0 saturated heterocycles. The standard InChI is InChI=1S/C12H15NS2/c1-14-8-10(13)6-9-7-15-12-5-3-2-4-11(9)12/h2-5,7,10H,6,8,13H2,1H3. The molecule has 1 unspecified atom stereocenters. The molecular weight excluding hydrogens is 222 g/mol. The quantitative estimate of drug-likeness (QED) is 0.884. The van der Waals surface area contributed by atoms with Gasteiger partial charge < -0.3 is 5.73 Å². The summed E-state index contributed by atoms with van der Waals surface area (Å²) in [5.74, 6) is 1.03. The third-order valence-electron chi connectivity index (χ3n) is 2.42. The van der Waals surface area contributed by atoms with Crippen LogP contribution in [0.3, 0.4) is 0 Å². The Morgan fingerprint density at radius 1 is 1.40 bits per heavy atom. The van der Waals surface area contributed by atoms with Gasteiger partial charge in [0.25, 0.3) is 0 Å². The molecule has 0 radical (unpaired) electrons. The van der Waals surface area contributed by atoms with Gasteiger partial charge in [0, 0.05) is 16.5 Å². The molecule has 1 nitrogen and oxygen atoms in total. The van der Waals surface area contributed by atoms with Crippen LogP contribution in [0.5, 0.6) is 0 Å². The van der Waals surface area contributed by atoms with Crippen LogP contribution < -0.4 is 5.73 Å². The zero-order valence-electron chi connectivity index (χ0n) is 8.77. The fourth-order valence-corrected chi connectivity index (χ4v) is 3.27. The molecule has 0 saturated carbocycles. The van der Waals surface area contributed by atoms with Gasteiger partial charge in [-0.25, -0.2) is 0 Å². The number of thiophene rings is 1. The Hall–Kier alpha value is -0.510. The number of thioether (sulfide) groups is 1. The molecular formula is C12H15NS2. The summed E-state index contributed by atoms with van der Waals surface area (Å²) in [6.07, 6.45) is 3.09. The summed E-state index contributed by atoms with van der Waals surface area (Å²) >= 11 is 3.63. The molecule has 3 heteroatoms. The van der Waals surface area contributed by atoms with Crippen LogP contribution in [0, 0.1) is 0 Å². The molecule has 1 heterocycles. The van der Waals surface area contributed by atoms with Gasteiger partial charge in [-0.2, -0.15) is 11.8 Å². The number of hydrogen-bond acceptors (Lipinski definition) is 3. The molecule has 2 rings (SSSR count). The predicted octanol–water partition coefficient (Wildman–Crippen LogP) is 3.13. The second-order valence-corrected chi connectivity index (χ2v) is 5.50. The van der Waals surface area contributed by atoms with E-state index in [1.807, 2.05) is 23.1 Å². The van der Waals surface area contributed by atoms with Crippen LogP contribution in [-0.2, 0) is 6.42 Å². The average molecular weight is 237 g/mol. The molecule has 0 fully saturated rings. The molecule has 1 aromatic carbocycles. The van der Waals surface area contributed by atoms with Crippen molar-refractivity contribution in [3.63, 3.8) is 0 Å². The maximum absolute atomic E-state index is 6.05. The average Bonchev–Trinajstić information content (AvgIpc) is 2.62. The maximum atomic E-state index is 6.05. The highest BCUT2D eigenvalue weighted by molar-refractivity contribution is 7.98. The molecule has 1 atom stereocenters. The van der Waals surface area contributed by atoms with Crippen molar-refractivity contribution in [2.75, 3.05) is 12.0 Å². The van der Waals surface area contributed by atoms with Gasteiger partial charge in [0.1, 0.15) is 0 Å². The van der Waals surface area contributed by atoms with E-state index in [1.165, 1.54) is 15.6 Å². The summed E-state index contributed by atoms with van der Waals surface area (Å²) in [7, 11) is 0. The summed E-state index contributed by atoms with van der Waals surface area (Å²) in [6.45, 7) is 0. The van der Waals surface area contributed by atoms with Crippen molar-refractivity contribution < 1.29 is 0 Å². The van der Waals surface area contributed by atoms with Crippen molar-refractivity contribution in [1.29, 1.82) is 0 Å². The molecule has 0 aliphatic rings. The maximum Gasteiger partial charge on any atom is 0.0345 e. The minimum Gasteiger partial charge on any atom is -0.327 e. The molecule has 1 aromatic heterocycles. The summed E-state index contributed by atoms with van der Waals surface area (Å²) in [5.41, 5.74) is 7.45. The summed E-state index contributed by atoms with van der Waals surface area (Å²) < 4.78 is 1.36. The Kier molecular flexibility index (Phi) is 3.67. The fourth-order valence-electron chi connectivity index (χ4n) is 1.75. The van der Waals surface area contributed by atoms with Crippen LogP contribution in [0.4, 0.5) is 0 Å². The van der Waals surface area contributed by atoms with Crippen LogP contribution in [0.25, 0.3) is 10.1 Å². The summed E-state index contributed by atoms with van der Waals surface area (Å²) in [6, 6.07) is 8.82. The first-order valence-electron chi connectivity index (χ1n) is 5.01. The van der Waals surface area contributed by atoms with Gasteiger partial charge >= 0.3 is 0 Å². The van der Waals surface area contributed by atoms with E-state index in [4.69, 9.17) is 5.73 Å². The molecule has 0 spiro atoms. The van der Waals surface area contributed by atoms with E-state index in [1.54, 1.807) is 0 Å². The molecule has 0 aliphatic carbocycles. The highest BCUT2D eigenvalue weighted by Gasteiger charge is 2.07. The van der Waals surface area contributed by atoms with Crippen molar-refractivity contribution in [3.8, 4) is 0 Å². The Labute approximate surface area is 98.7 Å². The normalized spacial score (nSPS) is 13.2. The Bertz CT molecular complexity index is 436. The Morgan fingerprint density at radius 3 is 3.00 bits per heavy atom. The van der Waals surface area contributed by atoms with Gasteiger partial charge in [-0.15, -0.1) is 11.3 Å². The molecule has 0 amide bonds. The number of fused-ring (bicyclic) bond motifs is 1. The van der Waals surface area contributed by atoms with Crippen molar-refractivity contribution >= 4 is 33.2 Å². The van der Waals surface area contributed by atoms with Crippen LogP contribution >= 0.6 is 23.1 Å². The highest BCUT2D eigenvalue weighted by Crippen LogP contribution is 2.26. The summed E-state index contributed by atoms with van der Waals surface area (Å²) in [5, 5.41) is 3.62. The first-order valence-corrected chi connectivity index (χ1v) is 7.28. The molecule has 2 aromatic rings.